The SMILES string of the molecule is O=C(NCCCNC(=O)c1ccccc1F)Nc1cccc2cccnc12. The highest BCUT2D eigenvalue weighted by Gasteiger charge is 2.10. The highest BCUT2D eigenvalue weighted by Crippen LogP contribution is 2.20. The summed E-state index contributed by atoms with van der Waals surface area (Å²) in [5.41, 5.74) is 1.34. The number of hydrogen-bond donors (Lipinski definition) is 3. The number of nitrogens with zero attached hydrogens (tertiary/aromatic N) is 1. The van der Waals surface area contributed by atoms with Gasteiger partial charge in [0, 0.05) is 24.7 Å². The van der Waals surface area contributed by atoms with Crippen LogP contribution in [0.3, 0.4) is 0 Å². The molecule has 0 aliphatic rings. The second-order valence-electron chi connectivity index (χ2n) is 5.85. The molecule has 0 aliphatic heterocycles. The van der Waals surface area contributed by atoms with Gasteiger partial charge in [0.25, 0.3) is 5.91 Å². The molecule has 0 aliphatic carbocycles. The molecule has 0 saturated heterocycles. The molecule has 0 bridgehead atoms. The van der Waals surface area contributed by atoms with E-state index in [4.69, 9.17) is 0 Å². The van der Waals surface area contributed by atoms with Crippen LogP contribution in [-0.4, -0.2) is 30.0 Å². The Kier molecular flexibility index (Phi) is 5.94. The number of benzene rings is 2. The van der Waals surface area contributed by atoms with Crippen molar-refractivity contribution in [2.45, 2.75) is 6.42 Å². The number of para-hydroxylation sites is 1. The molecule has 3 rings (SSSR count). The van der Waals surface area contributed by atoms with Crippen LogP contribution in [0.5, 0.6) is 0 Å². The lowest BCUT2D eigenvalue weighted by Crippen LogP contribution is -2.32. The van der Waals surface area contributed by atoms with Crippen LogP contribution in [-0.2, 0) is 0 Å². The predicted octanol–water partition coefficient (Wildman–Crippen LogP) is 3.32. The standard InChI is InChI=1S/C20H19FN4O2/c21-16-9-2-1-8-15(16)19(26)23-12-5-13-24-20(27)25-17-10-3-6-14-7-4-11-22-18(14)17/h1-4,6-11H,5,12-13H2,(H,23,26)(H2,24,25,27). The average molecular weight is 366 g/mol. The maximum absolute atomic E-state index is 13.5. The first kappa shape index (κ1) is 18.3. The van der Waals surface area contributed by atoms with E-state index in [9.17, 15) is 14.0 Å². The lowest BCUT2D eigenvalue weighted by molar-refractivity contribution is 0.0949. The Morgan fingerprint density at radius 2 is 1.70 bits per heavy atom. The number of pyridine rings is 1. The lowest BCUT2D eigenvalue weighted by Gasteiger charge is -2.10. The number of urea groups is 1. The van der Waals surface area contributed by atoms with Gasteiger partial charge in [-0.2, -0.15) is 0 Å². The van der Waals surface area contributed by atoms with Crippen molar-refractivity contribution in [2.75, 3.05) is 18.4 Å². The van der Waals surface area contributed by atoms with Crippen molar-refractivity contribution >= 4 is 28.5 Å². The smallest absolute Gasteiger partial charge is 0.319 e. The van der Waals surface area contributed by atoms with Crippen molar-refractivity contribution in [1.82, 2.24) is 15.6 Å². The molecule has 1 heterocycles. The molecule has 7 heteroatoms. The Morgan fingerprint density at radius 1 is 0.926 bits per heavy atom. The summed E-state index contributed by atoms with van der Waals surface area (Å²) in [7, 11) is 0. The van der Waals surface area contributed by atoms with E-state index in [1.54, 1.807) is 18.3 Å². The predicted molar refractivity (Wildman–Crippen MR) is 102 cm³/mol. The monoisotopic (exact) mass is 366 g/mol. The van der Waals surface area contributed by atoms with Gasteiger partial charge in [0.1, 0.15) is 5.82 Å². The first-order valence-corrected chi connectivity index (χ1v) is 8.56. The van der Waals surface area contributed by atoms with Crippen molar-refractivity contribution in [3.8, 4) is 0 Å². The van der Waals surface area contributed by atoms with Gasteiger partial charge in [-0.05, 0) is 30.7 Å². The maximum atomic E-state index is 13.5. The van der Waals surface area contributed by atoms with Crippen molar-refractivity contribution in [1.29, 1.82) is 0 Å². The molecule has 0 atom stereocenters. The number of rotatable bonds is 6. The van der Waals surface area contributed by atoms with Crippen LogP contribution < -0.4 is 16.0 Å². The zero-order valence-electron chi connectivity index (χ0n) is 14.5. The van der Waals surface area contributed by atoms with E-state index >= 15 is 0 Å². The molecule has 3 amide bonds. The van der Waals surface area contributed by atoms with Gasteiger partial charge in [-0.25, -0.2) is 9.18 Å². The van der Waals surface area contributed by atoms with E-state index < -0.39 is 11.7 Å². The maximum Gasteiger partial charge on any atom is 0.319 e. The number of fused-ring (bicyclic) bond motifs is 1. The van der Waals surface area contributed by atoms with Gasteiger partial charge in [-0.1, -0.05) is 30.3 Å². The Labute approximate surface area is 155 Å². The summed E-state index contributed by atoms with van der Waals surface area (Å²) in [6.45, 7) is 0.685. The highest BCUT2D eigenvalue weighted by atomic mass is 19.1. The number of carbonyl (C=O) groups excluding carboxylic acids is 2. The number of amides is 3. The number of hydrogen-bond acceptors (Lipinski definition) is 3. The topological polar surface area (TPSA) is 83.1 Å². The van der Waals surface area contributed by atoms with E-state index in [0.29, 0.717) is 30.7 Å². The number of aromatic nitrogens is 1. The average Bonchev–Trinajstić information content (AvgIpc) is 2.68. The van der Waals surface area contributed by atoms with Crippen LogP contribution in [0.15, 0.2) is 60.8 Å². The van der Waals surface area contributed by atoms with Gasteiger partial charge >= 0.3 is 6.03 Å². The van der Waals surface area contributed by atoms with Crippen LogP contribution >= 0.6 is 0 Å². The minimum atomic E-state index is -0.559. The minimum Gasteiger partial charge on any atom is -0.352 e. The van der Waals surface area contributed by atoms with Crippen molar-refractivity contribution in [3.63, 3.8) is 0 Å². The van der Waals surface area contributed by atoms with Gasteiger partial charge in [0.05, 0.1) is 16.8 Å². The van der Waals surface area contributed by atoms with Gasteiger partial charge < -0.3 is 16.0 Å². The summed E-state index contributed by atoms with van der Waals surface area (Å²) in [6.07, 6.45) is 2.19. The fraction of sp³-hybridized carbons (Fsp3) is 0.150. The third kappa shape index (κ3) is 4.78. The number of halogens is 1. The quantitative estimate of drug-likeness (QED) is 0.585. The largest absolute Gasteiger partial charge is 0.352 e. The van der Waals surface area contributed by atoms with Crippen molar-refractivity contribution in [2.24, 2.45) is 0 Å². The number of carbonyl (C=O) groups is 2. The molecule has 138 valence electrons. The molecule has 0 saturated carbocycles. The summed E-state index contributed by atoms with van der Waals surface area (Å²) < 4.78 is 13.5. The lowest BCUT2D eigenvalue weighted by atomic mass is 10.2. The van der Waals surface area contributed by atoms with Crippen molar-refractivity contribution in [3.05, 3.63) is 72.2 Å². The minimum absolute atomic E-state index is 0.00616. The van der Waals surface area contributed by atoms with Crippen LogP contribution in [0.1, 0.15) is 16.8 Å². The third-order valence-corrected chi connectivity index (χ3v) is 3.92. The summed E-state index contributed by atoms with van der Waals surface area (Å²) in [4.78, 5) is 28.2. The van der Waals surface area contributed by atoms with Crippen LogP contribution in [0.4, 0.5) is 14.9 Å². The Bertz CT molecular complexity index is 956. The van der Waals surface area contributed by atoms with Crippen LogP contribution in [0.25, 0.3) is 10.9 Å². The van der Waals surface area contributed by atoms with Gasteiger partial charge in [-0.3, -0.25) is 9.78 Å². The first-order valence-electron chi connectivity index (χ1n) is 8.56. The third-order valence-electron chi connectivity index (χ3n) is 3.92. The summed E-state index contributed by atoms with van der Waals surface area (Å²) >= 11 is 0. The molecule has 3 aromatic rings. The molecule has 0 unspecified atom stereocenters. The fourth-order valence-corrected chi connectivity index (χ4v) is 2.60. The molecule has 2 aromatic carbocycles. The van der Waals surface area contributed by atoms with Crippen LogP contribution in [0.2, 0.25) is 0 Å². The van der Waals surface area contributed by atoms with E-state index in [1.165, 1.54) is 18.2 Å². The normalized spacial score (nSPS) is 10.4. The van der Waals surface area contributed by atoms with E-state index in [0.717, 1.165) is 5.39 Å². The highest BCUT2D eigenvalue weighted by molar-refractivity contribution is 5.99. The van der Waals surface area contributed by atoms with Crippen molar-refractivity contribution < 1.29 is 14.0 Å². The van der Waals surface area contributed by atoms with E-state index in [1.807, 2.05) is 24.3 Å². The molecular weight excluding hydrogens is 347 g/mol. The molecule has 0 radical (unpaired) electrons. The molecule has 3 N–H and O–H groups in total. The summed E-state index contributed by atoms with van der Waals surface area (Å²) in [5, 5.41) is 9.05. The zero-order chi connectivity index (χ0) is 19.1. The second kappa shape index (κ2) is 8.75. The Balaban J connectivity index is 1.42. The first-order chi connectivity index (χ1) is 13.1. The zero-order valence-corrected chi connectivity index (χ0v) is 14.5. The second-order valence-corrected chi connectivity index (χ2v) is 5.85. The molecule has 27 heavy (non-hydrogen) atoms. The fourth-order valence-electron chi connectivity index (χ4n) is 2.60. The van der Waals surface area contributed by atoms with E-state index in [-0.39, 0.29) is 11.6 Å². The van der Waals surface area contributed by atoms with Gasteiger partial charge in [0.2, 0.25) is 0 Å². The molecule has 6 nitrogen and oxygen atoms in total. The number of anilines is 1. The number of nitrogens with one attached hydrogen (secondary N) is 3. The molecule has 1 aromatic heterocycles. The molecule has 0 fully saturated rings. The van der Waals surface area contributed by atoms with Gasteiger partial charge in [-0.15, -0.1) is 0 Å². The molecular formula is C20H19FN4O2. The summed E-state index contributed by atoms with van der Waals surface area (Å²) in [6, 6.07) is 14.7. The van der Waals surface area contributed by atoms with E-state index in [2.05, 4.69) is 20.9 Å². The Morgan fingerprint density at radius 3 is 2.56 bits per heavy atom. The molecule has 0 spiro atoms. The summed E-state index contributed by atoms with van der Waals surface area (Å²) in [5.74, 6) is -1.03. The van der Waals surface area contributed by atoms with Gasteiger partial charge in [0.15, 0.2) is 0 Å². The van der Waals surface area contributed by atoms with Crippen LogP contribution in [0, 0.1) is 5.82 Å². The Hall–Kier alpha value is -3.48.